The summed E-state index contributed by atoms with van der Waals surface area (Å²) in [5, 5.41) is 25.6. The molecule has 0 aliphatic carbocycles. The molecule has 18 heteroatoms. The van der Waals surface area contributed by atoms with Crippen molar-refractivity contribution in [2.24, 2.45) is 9.74 Å². The number of phenolic OH excluding ortho intramolecular Hbond substituents is 1. The Morgan fingerprint density at radius 1 is 1.00 bits per heavy atom. The largest absolute Gasteiger partial charge is 1.00 e. The molecule has 0 heterocycles. The van der Waals surface area contributed by atoms with E-state index in [1.54, 1.807) is 0 Å². The summed E-state index contributed by atoms with van der Waals surface area (Å²) in [6.07, 6.45) is 0.340. The van der Waals surface area contributed by atoms with Gasteiger partial charge in [-0.1, -0.05) is 17.4 Å². The van der Waals surface area contributed by atoms with Crippen LogP contribution in [-0.4, -0.2) is 57.6 Å². The predicted octanol–water partition coefficient (Wildman–Crippen LogP) is 0.0274. The van der Waals surface area contributed by atoms with Crippen LogP contribution in [0.5, 0.6) is 5.75 Å². The van der Waals surface area contributed by atoms with Gasteiger partial charge in [-0.3, -0.25) is 20.1 Å². The summed E-state index contributed by atoms with van der Waals surface area (Å²) in [5.41, 5.74) is 2.18. The number of rotatable bonds is 10. The minimum Gasteiger partial charge on any atom is -1.00 e. The predicted molar refractivity (Wildman–Crippen MR) is 135 cm³/mol. The van der Waals surface area contributed by atoms with Gasteiger partial charge < -0.3 is 6.53 Å². The van der Waals surface area contributed by atoms with Crippen molar-refractivity contribution in [3.63, 3.8) is 0 Å². The van der Waals surface area contributed by atoms with Gasteiger partial charge in [0.25, 0.3) is 25.8 Å². The van der Waals surface area contributed by atoms with Gasteiger partial charge in [0.05, 0.1) is 33.3 Å². The zero-order chi connectivity index (χ0) is 27.6. The summed E-state index contributed by atoms with van der Waals surface area (Å²) in [5.74, 6) is -1.79. The van der Waals surface area contributed by atoms with Crippen molar-refractivity contribution < 1.29 is 70.8 Å². The summed E-state index contributed by atoms with van der Waals surface area (Å²) >= 11 is 0. The Morgan fingerprint density at radius 2 is 1.66 bits per heavy atom. The number of nitrogens with one attached hydrogen (secondary N) is 1. The Kier molecular flexibility index (Phi) is 9.98. The van der Waals surface area contributed by atoms with Crippen molar-refractivity contribution in [2.75, 3.05) is 23.2 Å². The van der Waals surface area contributed by atoms with Gasteiger partial charge in [-0.15, -0.1) is 0 Å². The minimum absolute atomic E-state index is 0. The second-order valence-corrected chi connectivity index (χ2v) is 13.1. The van der Waals surface area contributed by atoms with Gasteiger partial charge in [-0.05, 0) is 40.8 Å². The number of non-ortho nitro benzene ring substituents is 1. The Balaban J connectivity index is 0.00000380. The number of nitro benzene ring substituents is 1. The van der Waals surface area contributed by atoms with E-state index in [4.69, 9.17) is 4.55 Å². The van der Waals surface area contributed by atoms with Crippen LogP contribution in [-0.2, 0) is 30.0 Å². The van der Waals surface area contributed by atoms with E-state index in [0.717, 1.165) is 18.4 Å². The molecular formula is C20H21N4NaO10S3. The van der Waals surface area contributed by atoms with Crippen LogP contribution in [0.25, 0.3) is 21.9 Å². The molecule has 0 amide bonds. The normalized spacial score (nSPS) is 12.4. The van der Waals surface area contributed by atoms with Crippen LogP contribution in [0.1, 0.15) is 7.85 Å². The second kappa shape index (κ2) is 12.0. The van der Waals surface area contributed by atoms with E-state index in [1.165, 1.54) is 36.4 Å². The van der Waals surface area contributed by atoms with Crippen molar-refractivity contribution in [1.29, 1.82) is 0 Å². The third-order valence-electron chi connectivity index (χ3n) is 4.99. The first-order chi connectivity index (χ1) is 17.1. The Morgan fingerprint density at radius 3 is 2.26 bits per heavy atom. The molecule has 0 aromatic heterocycles. The molecule has 0 unspecified atom stereocenters. The summed E-state index contributed by atoms with van der Waals surface area (Å²) in [6, 6.07) is 10.2. The quantitative estimate of drug-likeness (QED) is 0.0930. The maximum atomic E-state index is 13.2. The topological polar surface area (TPSA) is 223 Å². The van der Waals surface area contributed by atoms with Gasteiger partial charge in [0, 0.05) is 28.5 Å². The molecule has 0 saturated carbocycles. The second-order valence-electron chi connectivity index (χ2n) is 7.78. The first kappa shape index (κ1) is 31.5. The Labute approximate surface area is 241 Å². The summed E-state index contributed by atoms with van der Waals surface area (Å²) in [4.78, 5) is 10.1. The molecular weight excluding hydrogens is 575 g/mol. The fraction of sp³-hybridized carbons (Fsp3) is 0.200. The standard InChI is InChI=1S/C20H20N4O10S3.Na.H/c1-35(28,29)23-22-21-17-5-2-4-16-18(25)9-8-15(20(16)17)14-7-6-13(24(26)27)12-19(14)36(30,31)10-3-11-37(32,33)34;;/h2,4-9,12,25H,3,10-11H2,1H3,(H,21,23)(H,32,33,34);;/q;+1;-1. The van der Waals surface area contributed by atoms with Crippen molar-refractivity contribution in [3.05, 3.63) is 58.6 Å². The molecule has 0 bridgehead atoms. The van der Waals surface area contributed by atoms with Crippen LogP contribution in [0.4, 0.5) is 11.4 Å². The molecule has 3 aromatic carbocycles. The van der Waals surface area contributed by atoms with E-state index in [1.807, 2.05) is 0 Å². The fourth-order valence-electron chi connectivity index (χ4n) is 3.50. The molecule has 3 rings (SSSR count). The van der Waals surface area contributed by atoms with Gasteiger partial charge in [0.15, 0.2) is 9.84 Å². The van der Waals surface area contributed by atoms with Gasteiger partial charge in [-0.2, -0.15) is 8.42 Å². The van der Waals surface area contributed by atoms with Crippen LogP contribution in [0.15, 0.2) is 63.2 Å². The minimum atomic E-state index is -4.44. The van der Waals surface area contributed by atoms with E-state index >= 15 is 0 Å². The average Bonchev–Trinajstić information content (AvgIpc) is 2.77. The molecule has 3 N–H and O–H groups in total. The number of benzene rings is 3. The van der Waals surface area contributed by atoms with E-state index in [0.29, 0.717) is 0 Å². The monoisotopic (exact) mass is 596 g/mol. The molecule has 0 fully saturated rings. The van der Waals surface area contributed by atoms with E-state index in [9.17, 15) is 40.5 Å². The number of nitrogens with zero attached hydrogens (tertiary/aromatic N) is 3. The number of fused-ring (bicyclic) bond motifs is 1. The number of phenols is 1. The van der Waals surface area contributed by atoms with Crippen LogP contribution in [0.3, 0.4) is 0 Å². The molecule has 38 heavy (non-hydrogen) atoms. The van der Waals surface area contributed by atoms with Gasteiger partial charge in [0.2, 0.25) is 0 Å². The third kappa shape index (κ3) is 7.92. The molecule has 14 nitrogen and oxygen atoms in total. The maximum absolute atomic E-state index is 13.2. The number of sulfone groups is 1. The number of aromatic hydroxyl groups is 1. The van der Waals surface area contributed by atoms with Crippen LogP contribution in [0, 0.1) is 10.1 Å². The molecule has 0 radical (unpaired) electrons. The SMILES string of the molecule is CS(=O)(=O)N=NNc1cccc2c(O)ccc(-c3ccc([N+](=O)[O-])cc3S(=O)(=O)CCCS(=O)(=O)O)c12.[H-].[Na+]. The number of hydrogen-bond donors (Lipinski definition) is 3. The first-order valence-electron chi connectivity index (χ1n) is 10.2. The molecule has 3 aromatic rings. The van der Waals surface area contributed by atoms with Crippen LogP contribution in [0.2, 0.25) is 0 Å². The number of hydrogen-bond acceptors (Lipinski definition) is 10. The maximum Gasteiger partial charge on any atom is 1.00 e. The number of anilines is 1. The van der Waals surface area contributed by atoms with Crippen molar-refractivity contribution >= 4 is 52.1 Å². The zero-order valence-electron chi connectivity index (χ0n) is 21.0. The molecule has 0 aliphatic heterocycles. The van der Waals surface area contributed by atoms with E-state index in [-0.39, 0.29) is 64.3 Å². The first-order valence-corrected chi connectivity index (χ1v) is 15.3. The van der Waals surface area contributed by atoms with Gasteiger partial charge in [-0.25, -0.2) is 16.8 Å². The van der Waals surface area contributed by atoms with E-state index < -0.39 is 63.4 Å². The van der Waals surface area contributed by atoms with Gasteiger partial charge in [0.1, 0.15) is 5.75 Å². The van der Waals surface area contributed by atoms with E-state index in [2.05, 4.69) is 15.2 Å². The molecule has 200 valence electrons. The Bertz CT molecular complexity index is 1750. The zero-order valence-corrected chi connectivity index (χ0v) is 24.4. The third-order valence-corrected chi connectivity index (χ3v) is 8.01. The van der Waals surface area contributed by atoms with Crippen molar-refractivity contribution in [1.82, 2.24) is 0 Å². The molecule has 0 atom stereocenters. The molecule has 0 aliphatic rings. The van der Waals surface area contributed by atoms with Crippen LogP contribution < -0.4 is 35.0 Å². The smallest absolute Gasteiger partial charge is 1.00 e. The van der Waals surface area contributed by atoms with Gasteiger partial charge >= 0.3 is 29.6 Å². The number of nitro groups is 1. The average molecular weight is 597 g/mol. The van der Waals surface area contributed by atoms with Crippen molar-refractivity contribution in [3.8, 4) is 16.9 Å². The summed E-state index contributed by atoms with van der Waals surface area (Å²) < 4.78 is 83.1. The summed E-state index contributed by atoms with van der Waals surface area (Å²) in [6.45, 7) is 0. The summed E-state index contributed by atoms with van der Waals surface area (Å²) in [7, 11) is -12.6. The number of sulfonamides is 1. The fourth-order valence-corrected chi connectivity index (χ4v) is 5.94. The molecule has 0 spiro atoms. The van der Waals surface area contributed by atoms with Crippen LogP contribution >= 0.6 is 0 Å². The van der Waals surface area contributed by atoms with Crippen molar-refractivity contribution in [2.45, 2.75) is 11.3 Å². The molecule has 0 saturated heterocycles. The Hall–Kier alpha value is -2.67.